The molecule has 6 nitrogen and oxygen atoms in total. The molecule has 1 aromatic heterocycles. The Hall–Kier alpha value is -4.00. The number of rotatable bonds is 9. The number of aromatic amines is 1. The molecule has 2 heterocycles. The first-order valence-electron chi connectivity index (χ1n) is 12.7. The summed E-state index contributed by atoms with van der Waals surface area (Å²) in [6.07, 6.45) is 5.21. The van der Waals surface area contributed by atoms with Crippen molar-refractivity contribution in [3.8, 4) is 11.5 Å². The van der Waals surface area contributed by atoms with Gasteiger partial charge in [-0.25, -0.2) is 4.39 Å². The van der Waals surface area contributed by atoms with E-state index in [1.807, 2.05) is 24.3 Å². The minimum atomic E-state index is -0.573. The largest absolute Gasteiger partial charge is 0.497 e. The number of aryl methyl sites for hydroxylation is 2. The van der Waals surface area contributed by atoms with Gasteiger partial charge in [0.25, 0.3) is 0 Å². The summed E-state index contributed by atoms with van der Waals surface area (Å²) in [5.41, 5.74) is 11.2. The summed E-state index contributed by atoms with van der Waals surface area (Å²) in [5, 5.41) is 1.16. The molecule has 0 bridgehead atoms. The van der Waals surface area contributed by atoms with Crippen molar-refractivity contribution in [3.63, 3.8) is 0 Å². The van der Waals surface area contributed by atoms with E-state index in [4.69, 9.17) is 15.2 Å². The smallest absolute Gasteiger partial charge is 0.249 e. The molecule has 4 aromatic rings. The lowest BCUT2D eigenvalue weighted by Crippen LogP contribution is -2.45. The number of methoxy groups -OCH3 is 1. The van der Waals surface area contributed by atoms with E-state index in [9.17, 15) is 9.18 Å². The van der Waals surface area contributed by atoms with Crippen molar-refractivity contribution in [2.24, 2.45) is 5.73 Å². The second kappa shape index (κ2) is 10.5. The zero-order chi connectivity index (χ0) is 25.9. The molecule has 1 unspecified atom stereocenters. The van der Waals surface area contributed by atoms with Crippen LogP contribution in [0.1, 0.15) is 40.4 Å². The maximum atomic E-state index is 14.5. The number of anilines is 1. The summed E-state index contributed by atoms with van der Waals surface area (Å²) in [6, 6.07) is 17.1. The maximum absolute atomic E-state index is 14.5. The number of carbonyl (C=O) groups excluding carboxylic acids is 1. The predicted molar refractivity (Wildman–Crippen MR) is 144 cm³/mol. The fourth-order valence-electron chi connectivity index (χ4n) is 5.38. The number of hydrogen-bond donors (Lipinski definition) is 2. The Morgan fingerprint density at radius 3 is 2.81 bits per heavy atom. The third-order valence-electron chi connectivity index (χ3n) is 7.28. The van der Waals surface area contributed by atoms with Gasteiger partial charge in [0.05, 0.1) is 13.2 Å². The van der Waals surface area contributed by atoms with Crippen molar-refractivity contribution in [2.45, 2.75) is 38.6 Å². The molecular weight excluding hydrogens is 469 g/mol. The van der Waals surface area contributed by atoms with Crippen LogP contribution in [0.2, 0.25) is 0 Å². The molecule has 0 aliphatic carbocycles. The van der Waals surface area contributed by atoms with Gasteiger partial charge in [0.15, 0.2) is 11.6 Å². The van der Waals surface area contributed by atoms with Crippen LogP contribution >= 0.6 is 0 Å². The molecule has 0 saturated carbocycles. The highest BCUT2D eigenvalue weighted by Crippen LogP contribution is 2.35. The van der Waals surface area contributed by atoms with Crippen molar-refractivity contribution >= 4 is 22.5 Å². The van der Waals surface area contributed by atoms with E-state index < -0.39 is 11.7 Å². The summed E-state index contributed by atoms with van der Waals surface area (Å²) < 4.78 is 25.9. The molecule has 7 heteroatoms. The summed E-state index contributed by atoms with van der Waals surface area (Å²) in [4.78, 5) is 17.8. The molecule has 0 saturated heterocycles. The Balaban J connectivity index is 1.43. The molecule has 37 heavy (non-hydrogen) atoms. The fourth-order valence-corrected chi connectivity index (χ4v) is 5.38. The normalized spacial score (nSPS) is 14.7. The summed E-state index contributed by atoms with van der Waals surface area (Å²) >= 11 is 0. The summed E-state index contributed by atoms with van der Waals surface area (Å²) in [6.45, 7) is 3.25. The van der Waals surface area contributed by atoms with Gasteiger partial charge in [0.1, 0.15) is 12.4 Å². The highest BCUT2D eigenvalue weighted by atomic mass is 19.1. The highest BCUT2D eigenvalue weighted by Gasteiger charge is 2.31. The van der Waals surface area contributed by atoms with Gasteiger partial charge in [-0.2, -0.15) is 0 Å². The number of ether oxygens (including phenoxy) is 2. The van der Waals surface area contributed by atoms with Gasteiger partial charge >= 0.3 is 0 Å². The van der Waals surface area contributed by atoms with E-state index in [1.54, 1.807) is 7.11 Å². The molecule has 1 aliphatic heterocycles. The summed E-state index contributed by atoms with van der Waals surface area (Å²) in [5.74, 6) is -0.0594. The Labute approximate surface area is 216 Å². The maximum Gasteiger partial charge on any atom is 0.249 e. The molecule has 3 N–H and O–H groups in total. The minimum absolute atomic E-state index is 0.0665. The molecule has 1 aliphatic rings. The average molecular weight is 502 g/mol. The second-order valence-corrected chi connectivity index (χ2v) is 9.44. The number of carbonyl (C=O) groups is 1. The van der Waals surface area contributed by atoms with Crippen LogP contribution in [-0.4, -0.2) is 37.2 Å². The topological polar surface area (TPSA) is 80.6 Å². The number of halogens is 1. The van der Waals surface area contributed by atoms with E-state index in [2.05, 4.69) is 41.2 Å². The molecule has 1 atom stereocenters. The Kier molecular flexibility index (Phi) is 7.04. The number of fused-ring (bicyclic) bond motifs is 2. The number of nitrogens with one attached hydrogen (secondary N) is 1. The number of H-pyrrole nitrogens is 1. The van der Waals surface area contributed by atoms with Crippen LogP contribution in [0.15, 0.2) is 60.8 Å². The lowest BCUT2D eigenvalue weighted by molar-refractivity contribution is 0.0997. The first-order chi connectivity index (χ1) is 18.0. The van der Waals surface area contributed by atoms with Crippen LogP contribution in [0.4, 0.5) is 10.1 Å². The molecule has 192 valence electrons. The third kappa shape index (κ3) is 4.86. The van der Waals surface area contributed by atoms with Gasteiger partial charge in [-0.05, 0) is 66.8 Å². The SMILES string of the molecule is CCc1ccccc1N(CCCc1c[nH]c2ccc(OC)cc12)C1COc2c(F)ccc(C(N)=O)c2C1. The highest BCUT2D eigenvalue weighted by molar-refractivity contribution is 5.95. The molecule has 1 amide bonds. The molecule has 0 radical (unpaired) electrons. The number of nitrogens with zero attached hydrogens (tertiary/aromatic N) is 1. The minimum Gasteiger partial charge on any atom is -0.497 e. The van der Waals surface area contributed by atoms with Crippen LogP contribution in [0.3, 0.4) is 0 Å². The Morgan fingerprint density at radius 2 is 2.03 bits per heavy atom. The number of aromatic nitrogens is 1. The first-order valence-corrected chi connectivity index (χ1v) is 12.7. The van der Waals surface area contributed by atoms with Gasteiger partial charge in [0.2, 0.25) is 5.91 Å². The van der Waals surface area contributed by atoms with Crippen molar-refractivity contribution in [2.75, 3.05) is 25.2 Å². The average Bonchev–Trinajstić information content (AvgIpc) is 3.33. The molecule has 0 spiro atoms. The summed E-state index contributed by atoms with van der Waals surface area (Å²) in [7, 11) is 1.68. The number of para-hydroxylation sites is 1. The number of nitrogens with two attached hydrogens (primary N) is 1. The lowest BCUT2D eigenvalue weighted by Gasteiger charge is -2.38. The van der Waals surface area contributed by atoms with Crippen LogP contribution in [-0.2, 0) is 19.3 Å². The van der Waals surface area contributed by atoms with Gasteiger partial charge in [-0.1, -0.05) is 25.1 Å². The van der Waals surface area contributed by atoms with Crippen LogP contribution < -0.4 is 20.1 Å². The number of hydrogen-bond acceptors (Lipinski definition) is 4. The van der Waals surface area contributed by atoms with Crippen LogP contribution in [0, 0.1) is 5.82 Å². The van der Waals surface area contributed by atoms with Crippen LogP contribution in [0.5, 0.6) is 11.5 Å². The van der Waals surface area contributed by atoms with Gasteiger partial charge < -0.3 is 25.1 Å². The van der Waals surface area contributed by atoms with Gasteiger partial charge in [-0.3, -0.25) is 4.79 Å². The predicted octanol–water partition coefficient (Wildman–Crippen LogP) is 5.42. The zero-order valence-corrected chi connectivity index (χ0v) is 21.2. The first kappa shape index (κ1) is 24.7. The molecule has 0 fully saturated rings. The second-order valence-electron chi connectivity index (χ2n) is 9.44. The quantitative estimate of drug-likeness (QED) is 0.321. The number of primary amides is 1. The number of benzene rings is 3. The van der Waals surface area contributed by atoms with E-state index in [1.165, 1.54) is 23.3 Å². The van der Waals surface area contributed by atoms with E-state index in [0.29, 0.717) is 24.2 Å². The third-order valence-corrected chi connectivity index (χ3v) is 7.28. The Bertz CT molecular complexity index is 1430. The molecule has 5 rings (SSSR count). The van der Waals surface area contributed by atoms with Crippen LogP contribution in [0.25, 0.3) is 10.9 Å². The van der Waals surface area contributed by atoms with E-state index in [0.717, 1.165) is 48.1 Å². The standard InChI is InChI=1S/C30H32FN3O3/c1-3-19-7-4-5-9-28(19)34(14-6-8-20-17-33-27-13-10-22(36-2)16-24(20)27)21-15-25-23(30(32)35)11-12-26(31)29(25)37-18-21/h4-5,7,9-13,16-17,21,33H,3,6,8,14-15,18H2,1-2H3,(H2,32,35). The Morgan fingerprint density at radius 1 is 1.19 bits per heavy atom. The zero-order valence-electron chi connectivity index (χ0n) is 21.2. The van der Waals surface area contributed by atoms with Crippen molar-refractivity contribution in [3.05, 3.63) is 88.9 Å². The number of amides is 1. The van der Waals surface area contributed by atoms with Gasteiger partial charge in [0, 0.05) is 46.9 Å². The van der Waals surface area contributed by atoms with Crippen molar-refractivity contribution in [1.82, 2.24) is 4.98 Å². The van der Waals surface area contributed by atoms with E-state index in [-0.39, 0.29) is 11.8 Å². The fraction of sp³-hybridized carbons (Fsp3) is 0.300. The van der Waals surface area contributed by atoms with Gasteiger partial charge in [-0.15, -0.1) is 0 Å². The monoisotopic (exact) mass is 501 g/mol. The molecular formula is C30H32FN3O3. The lowest BCUT2D eigenvalue weighted by atomic mass is 9.94. The van der Waals surface area contributed by atoms with E-state index >= 15 is 0 Å². The van der Waals surface area contributed by atoms with Crippen molar-refractivity contribution < 1.29 is 18.7 Å². The molecule has 3 aromatic carbocycles. The van der Waals surface area contributed by atoms with Crippen molar-refractivity contribution in [1.29, 1.82) is 0 Å².